The van der Waals surface area contributed by atoms with Crippen LogP contribution in [0.5, 0.6) is 0 Å². The molecule has 0 bridgehead atoms. The van der Waals surface area contributed by atoms with E-state index in [9.17, 15) is 9.59 Å². The van der Waals surface area contributed by atoms with Crippen molar-refractivity contribution in [2.45, 2.75) is 38.8 Å². The summed E-state index contributed by atoms with van der Waals surface area (Å²) in [6.45, 7) is 6.53. The Balaban J connectivity index is 2.69. The van der Waals surface area contributed by atoms with Crippen molar-refractivity contribution in [1.29, 1.82) is 0 Å². The summed E-state index contributed by atoms with van der Waals surface area (Å²) in [7, 11) is 0. The SMILES string of the molecule is CC(C)(C)OC(=O)OC(=O)[C@](C)(N)c1cccs1. The molecule has 0 aliphatic carbocycles. The Bertz CT molecular complexity index is 431. The van der Waals surface area contributed by atoms with Crippen molar-refractivity contribution in [3.05, 3.63) is 22.4 Å². The monoisotopic (exact) mass is 271 g/mol. The molecule has 2 N–H and O–H groups in total. The van der Waals surface area contributed by atoms with Crippen molar-refractivity contribution in [3.63, 3.8) is 0 Å². The maximum Gasteiger partial charge on any atom is 0.516 e. The third kappa shape index (κ3) is 3.82. The molecule has 1 aromatic heterocycles. The van der Waals surface area contributed by atoms with Gasteiger partial charge in [0.1, 0.15) is 11.1 Å². The van der Waals surface area contributed by atoms with Gasteiger partial charge in [0.05, 0.1) is 0 Å². The Hall–Kier alpha value is -1.40. The van der Waals surface area contributed by atoms with Crippen LogP contribution in [0.4, 0.5) is 4.79 Å². The van der Waals surface area contributed by atoms with Crippen molar-refractivity contribution in [2.75, 3.05) is 0 Å². The average Bonchev–Trinajstić information content (AvgIpc) is 2.66. The van der Waals surface area contributed by atoms with Gasteiger partial charge in [0, 0.05) is 4.88 Å². The number of carbonyl (C=O) groups is 2. The van der Waals surface area contributed by atoms with E-state index in [2.05, 4.69) is 4.74 Å². The first-order chi connectivity index (χ1) is 8.13. The second-order valence-corrected chi connectivity index (χ2v) is 5.98. The van der Waals surface area contributed by atoms with Gasteiger partial charge in [0.15, 0.2) is 0 Å². The van der Waals surface area contributed by atoms with Gasteiger partial charge in [0.2, 0.25) is 0 Å². The summed E-state index contributed by atoms with van der Waals surface area (Å²) in [4.78, 5) is 23.8. The predicted octanol–water partition coefficient (Wildman–Crippen LogP) is 2.40. The fourth-order valence-corrected chi connectivity index (χ4v) is 1.92. The van der Waals surface area contributed by atoms with E-state index in [-0.39, 0.29) is 0 Å². The molecule has 0 fully saturated rings. The minimum absolute atomic E-state index is 0.621. The van der Waals surface area contributed by atoms with Crippen LogP contribution in [0.3, 0.4) is 0 Å². The van der Waals surface area contributed by atoms with Crippen LogP contribution in [0.15, 0.2) is 17.5 Å². The number of rotatable bonds is 2. The molecule has 1 heterocycles. The van der Waals surface area contributed by atoms with Gasteiger partial charge in [-0.1, -0.05) is 6.07 Å². The normalized spacial score (nSPS) is 14.7. The van der Waals surface area contributed by atoms with E-state index < -0.39 is 23.3 Å². The molecule has 1 aromatic rings. The van der Waals surface area contributed by atoms with Crippen LogP contribution in [0.1, 0.15) is 32.6 Å². The molecule has 0 unspecified atom stereocenters. The van der Waals surface area contributed by atoms with Crippen LogP contribution in [-0.2, 0) is 19.8 Å². The van der Waals surface area contributed by atoms with E-state index in [1.807, 2.05) is 0 Å². The van der Waals surface area contributed by atoms with Crippen molar-refractivity contribution in [3.8, 4) is 0 Å². The minimum atomic E-state index is -1.36. The van der Waals surface area contributed by atoms with Crippen LogP contribution >= 0.6 is 11.3 Å². The lowest BCUT2D eigenvalue weighted by molar-refractivity contribution is -0.147. The number of hydrogen-bond donors (Lipinski definition) is 1. The molecule has 5 nitrogen and oxygen atoms in total. The van der Waals surface area contributed by atoms with Crippen molar-refractivity contribution in [2.24, 2.45) is 5.73 Å². The van der Waals surface area contributed by atoms with Gasteiger partial charge in [-0.3, -0.25) is 0 Å². The first kappa shape index (κ1) is 14.7. The Morgan fingerprint density at radius 1 is 1.28 bits per heavy atom. The van der Waals surface area contributed by atoms with E-state index in [0.29, 0.717) is 4.88 Å². The summed E-state index contributed by atoms with van der Waals surface area (Å²) >= 11 is 1.32. The third-order valence-corrected chi connectivity index (χ3v) is 3.13. The highest BCUT2D eigenvalue weighted by Gasteiger charge is 2.36. The lowest BCUT2D eigenvalue weighted by atomic mass is 10.0. The van der Waals surface area contributed by atoms with E-state index in [1.165, 1.54) is 18.3 Å². The van der Waals surface area contributed by atoms with Gasteiger partial charge >= 0.3 is 12.1 Å². The zero-order chi connectivity index (χ0) is 14.0. The summed E-state index contributed by atoms with van der Waals surface area (Å²) in [6, 6.07) is 3.48. The predicted molar refractivity (Wildman–Crippen MR) is 68.2 cm³/mol. The molecule has 0 amide bonds. The molecule has 0 radical (unpaired) electrons. The third-order valence-electron chi connectivity index (χ3n) is 2.02. The van der Waals surface area contributed by atoms with Crippen LogP contribution in [0.2, 0.25) is 0 Å². The highest BCUT2D eigenvalue weighted by atomic mass is 32.1. The number of esters is 1. The molecule has 0 aliphatic rings. The fraction of sp³-hybridized carbons (Fsp3) is 0.500. The van der Waals surface area contributed by atoms with E-state index >= 15 is 0 Å². The standard InChI is InChI=1S/C12H17NO4S/c1-11(2,3)17-10(15)16-9(14)12(4,13)8-6-5-7-18-8/h5-7H,13H2,1-4H3/t12-/m1/s1. The second-order valence-electron chi connectivity index (χ2n) is 5.03. The smallest absolute Gasteiger partial charge is 0.428 e. The molecule has 6 heteroatoms. The average molecular weight is 271 g/mol. The number of nitrogens with two attached hydrogens (primary N) is 1. The zero-order valence-corrected chi connectivity index (χ0v) is 11.7. The number of carbonyl (C=O) groups excluding carboxylic acids is 2. The van der Waals surface area contributed by atoms with Gasteiger partial charge in [-0.25, -0.2) is 9.59 Å². The van der Waals surface area contributed by atoms with E-state index in [1.54, 1.807) is 38.3 Å². The maximum absolute atomic E-state index is 11.8. The Labute approximate surface area is 110 Å². The summed E-state index contributed by atoms with van der Waals surface area (Å²) in [5.41, 5.74) is 3.79. The largest absolute Gasteiger partial charge is 0.516 e. The summed E-state index contributed by atoms with van der Waals surface area (Å²) in [6.07, 6.45) is -1.04. The number of hydrogen-bond acceptors (Lipinski definition) is 6. The van der Waals surface area contributed by atoms with Crippen LogP contribution in [0, 0.1) is 0 Å². The molecule has 1 rings (SSSR count). The first-order valence-electron chi connectivity index (χ1n) is 5.41. The van der Waals surface area contributed by atoms with E-state index in [0.717, 1.165) is 0 Å². The number of ether oxygens (including phenoxy) is 2. The highest BCUT2D eigenvalue weighted by Crippen LogP contribution is 2.24. The number of thiophene rings is 1. The molecule has 1 atom stereocenters. The summed E-state index contributed by atoms with van der Waals surface area (Å²) in [5, 5.41) is 1.79. The minimum Gasteiger partial charge on any atom is -0.428 e. The Morgan fingerprint density at radius 2 is 1.89 bits per heavy atom. The molecular formula is C12H17NO4S. The molecule has 18 heavy (non-hydrogen) atoms. The first-order valence-corrected chi connectivity index (χ1v) is 6.29. The van der Waals surface area contributed by atoms with Gasteiger partial charge in [-0.15, -0.1) is 11.3 Å². The molecule has 0 spiro atoms. The second kappa shape index (κ2) is 5.07. The molecule has 0 aromatic carbocycles. The van der Waals surface area contributed by atoms with Crippen molar-refractivity contribution < 1.29 is 19.1 Å². The lowest BCUT2D eigenvalue weighted by Gasteiger charge is -2.22. The summed E-state index contributed by atoms with van der Waals surface area (Å²) < 4.78 is 9.48. The fourth-order valence-electron chi connectivity index (χ4n) is 1.13. The molecule has 0 saturated heterocycles. The zero-order valence-electron chi connectivity index (χ0n) is 10.9. The lowest BCUT2D eigenvalue weighted by Crippen LogP contribution is -2.44. The topological polar surface area (TPSA) is 78.6 Å². The summed E-state index contributed by atoms with van der Waals surface area (Å²) in [5.74, 6) is -0.834. The van der Waals surface area contributed by atoms with Crippen LogP contribution in [0.25, 0.3) is 0 Å². The Morgan fingerprint density at radius 3 is 2.33 bits per heavy atom. The Kier molecular flexibility index (Phi) is 4.13. The van der Waals surface area contributed by atoms with Crippen LogP contribution < -0.4 is 5.73 Å². The van der Waals surface area contributed by atoms with E-state index in [4.69, 9.17) is 10.5 Å². The quantitative estimate of drug-likeness (QED) is 0.660. The molecule has 0 aliphatic heterocycles. The highest BCUT2D eigenvalue weighted by molar-refractivity contribution is 7.10. The van der Waals surface area contributed by atoms with Crippen LogP contribution in [-0.4, -0.2) is 17.7 Å². The van der Waals surface area contributed by atoms with Gasteiger partial charge in [-0.05, 0) is 39.1 Å². The van der Waals surface area contributed by atoms with Crippen molar-refractivity contribution in [1.82, 2.24) is 0 Å². The molecule has 100 valence electrons. The molecule has 0 saturated carbocycles. The molecular weight excluding hydrogens is 254 g/mol. The van der Waals surface area contributed by atoms with Gasteiger partial charge < -0.3 is 15.2 Å². The van der Waals surface area contributed by atoms with Gasteiger partial charge in [-0.2, -0.15) is 0 Å². The maximum atomic E-state index is 11.8. The van der Waals surface area contributed by atoms with Gasteiger partial charge in [0.25, 0.3) is 0 Å². The van der Waals surface area contributed by atoms with Crippen molar-refractivity contribution >= 4 is 23.5 Å².